The molecule has 0 bridgehead atoms. The highest BCUT2D eigenvalue weighted by Crippen LogP contribution is 2.22. The van der Waals surface area contributed by atoms with Crippen molar-refractivity contribution in [1.82, 2.24) is 30.7 Å². The van der Waals surface area contributed by atoms with Gasteiger partial charge in [0.05, 0.1) is 6.04 Å². The minimum Gasteiger partial charge on any atom is -0.354 e. The van der Waals surface area contributed by atoms with Crippen LogP contribution in [-0.2, 0) is 30.4 Å². The molecule has 11 nitrogen and oxygen atoms in total. The lowest BCUT2D eigenvalue weighted by molar-refractivity contribution is -0.155. The quantitative estimate of drug-likeness (QED) is 0.190. The maximum absolute atomic E-state index is 14.3. The van der Waals surface area contributed by atoms with E-state index in [4.69, 9.17) is 0 Å². The SMILES string of the molecule is CN[C@H](C(=O)N[C@H](C(=O)N(C)[C@H](C(=O)N(C)[C@H](C(=O)N(C)[C@@H](CCSC)C(=O)NCCc1ccccc1)C(C)C)C(C)C)C(C)C)C(C)C. The van der Waals surface area contributed by atoms with Gasteiger partial charge in [-0.1, -0.05) is 85.7 Å². The van der Waals surface area contributed by atoms with Crippen LogP contribution in [0, 0.1) is 23.7 Å². The first-order valence-electron chi connectivity index (χ1n) is 17.5. The van der Waals surface area contributed by atoms with Crippen LogP contribution in [0.2, 0.25) is 0 Å². The topological polar surface area (TPSA) is 131 Å². The number of nitrogens with one attached hydrogen (secondary N) is 3. The molecular weight excluding hydrogens is 641 g/mol. The Labute approximate surface area is 300 Å². The zero-order chi connectivity index (χ0) is 37.6. The Morgan fingerprint density at radius 2 is 1.16 bits per heavy atom. The summed E-state index contributed by atoms with van der Waals surface area (Å²) in [6.45, 7) is 15.5. The van der Waals surface area contributed by atoms with Gasteiger partial charge in [0, 0.05) is 27.7 Å². The van der Waals surface area contributed by atoms with Crippen LogP contribution in [0.5, 0.6) is 0 Å². The maximum atomic E-state index is 14.3. The molecule has 5 amide bonds. The van der Waals surface area contributed by atoms with E-state index in [0.717, 1.165) is 5.56 Å². The molecule has 0 unspecified atom stereocenters. The molecule has 0 spiro atoms. The smallest absolute Gasteiger partial charge is 0.246 e. The summed E-state index contributed by atoms with van der Waals surface area (Å²) in [5.74, 6) is -1.74. The van der Waals surface area contributed by atoms with Crippen molar-refractivity contribution in [2.24, 2.45) is 23.7 Å². The number of hydrogen-bond acceptors (Lipinski definition) is 7. The van der Waals surface area contributed by atoms with Crippen LogP contribution < -0.4 is 16.0 Å². The number of amides is 5. The molecule has 0 saturated heterocycles. The minimum atomic E-state index is -0.895. The third-order valence-corrected chi connectivity index (χ3v) is 9.70. The van der Waals surface area contributed by atoms with Gasteiger partial charge in [-0.05, 0) is 61.1 Å². The highest BCUT2D eigenvalue weighted by atomic mass is 32.2. The van der Waals surface area contributed by atoms with E-state index in [9.17, 15) is 24.0 Å². The highest BCUT2D eigenvalue weighted by Gasteiger charge is 2.42. The van der Waals surface area contributed by atoms with Crippen LogP contribution >= 0.6 is 11.8 Å². The molecule has 1 aromatic carbocycles. The van der Waals surface area contributed by atoms with Crippen LogP contribution in [0.15, 0.2) is 30.3 Å². The first-order valence-corrected chi connectivity index (χ1v) is 18.9. The summed E-state index contributed by atoms with van der Waals surface area (Å²) in [6, 6.07) is 6.07. The summed E-state index contributed by atoms with van der Waals surface area (Å²) in [7, 11) is 6.50. The molecule has 0 saturated carbocycles. The number of carbonyl (C=O) groups excluding carboxylic acids is 5. The van der Waals surface area contributed by atoms with E-state index in [1.165, 1.54) is 14.7 Å². The fourth-order valence-corrected chi connectivity index (χ4v) is 6.67. The summed E-state index contributed by atoms with van der Waals surface area (Å²) < 4.78 is 0. The van der Waals surface area contributed by atoms with Gasteiger partial charge in [-0.3, -0.25) is 24.0 Å². The summed E-state index contributed by atoms with van der Waals surface area (Å²) in [5, 5.41) is 8.93. The van der Waals surface area contributed by atoms with Crippen LogP contribution in [0.25, 0.3) is 0 Å². The molecular formula is C37H64N6O5S. The largest absolute Gasteiger partial charge is 0.354 e. The molecule has 0 aliphatic carbocycles. The van der Waals surface area contributed by atoms with Crippen molar-refractivity contribution >= 4 is 41.3 Å². The van der Waals surface area contributed by atoms with Gasteiger partial charge in [0.1, 0.15) is 24.2 Å². The average Bonchev–Trinajstić information content (AvgIpc) is 3.03. The van der Waals surface area contributed by atoms with Crippen LogP contribution in [0.4, 0.5) is 0 Å². The summed E-state index contributed by atoms with van der Waals surface area (Å²) in [4.78, 5) is 73.3. The van der Waals surface area contributed by atoms with Gasteiger partial charge in [0.2, 0.25) is 29.5 Å². The summed E-state index contributed by atoms with van der Waals surface area (Å²) in [5.41, 5.74) is 1.11. The lowest BCUT2D eigenvalue weighted by Crippen LogP contribution is -2.62. The van der Waals surface area contributed by atoms with Gasteiger partial charge in [0.25, 0.3) is 0 Å². The molecule has 0 aliphatic rings. The lowest BCUT2D eigenvalue weighted by Gasteiger charge is -2.40. The zero-order valence-electron chi connectivity index (χ0n) is 32.2. The van der Waals surface area contributed by atoms with E-state index in [-0.39, 0.29) is 53.2 Å². The molecule has 278 valence electrons. The molecule has 3 N–H and O–H groups in total. The number of rotatable bonds is 20. The number of benzene rings is 1. The van der Waals surface area contributed by atoms with Crippen molar-refractivity contribution in [1.29, 1.82) is 0 Å². The fourth-order valence-electron chi connectivity index (χ4n) is 6.21. The second-order valence-corrected chi connectivity index (χ2v) is 15.3. The van der Waals surface area contributed by atoms with Gasteiger partial charge in [0.15, 0.2) is 0 Å². The maximum Gasteiger partial charge on any atom is 0.246 e. The number of hydrogen-bond donors (Lipinski definition) is 3. The lowest BCUT2D eigenvalue weighted by atomic mass is 9.94. The molecule has 0 aromatic heterocycles. The van der Waals surface area contributed by atoms with Crippen LogP contribution in [0.3, 0.4) is 0 Å². The van der Waals surface area contributed by atoms with E-state index in [2.05, 4.69) is 16.0 Å². The molecule has 0 fully saturated rings. The van der Waals surface area contributed by atoms with Crippen molar-refractivity contribution < 1.29 is 24.0 Å². The molecule has 49 heavy (non-hydrogen) atoms. The monoisotopic (exact) mass is 704 g/mol. The van der Waals surface area contributed by atoms with Gasteiger partial charge in [-0.25, -0.2) is 0 Å². The first kappa shape index (κ1) is 43.9. The van der Waals surface area contributed by atoms with E-state index >= 15 is 0 Å². The highest BCUT2D eigenvalue weighted by molar-refractivity contribution is 7.98. The Morgan fingerprint density at radius 3 is 1.61 bits per heavy atom. The fraction of sp³-hybridized carbons (Fsp3) is 0.703. The van der Waals surface area contributed by atoms with E-state index in [0.29, 0.717) is 25.1 Å². The molecule has 1 rings (SSSR count). The predicted octanol–water partition coefficient (Wildman–Crippen LogP) is 3.28. The zero-order valence-corrected chi connectivity index (χ0v) is 33.0. The van der Waals surface area contributed by atoms with E-state index < -0.39 is 30.2 Å². The standard InChI is InChI=1S/C37H64N6O5S/c1-23(2)29(38-9)34(45)40-30(24(3)4)35(46)42(11)32(26(7)8)37(48)43(12)31(25(5)6)36(47)41(10)28(20-22-49-13)33(44)39-21-19-27-17-15-14-16-18-27/h14-18,23-26,28-32,38H,19-22H2,1-13H3,(H,39,44)(H,40,45)/t28-,29-,30-,31-,32-/m0/s1. The molecule has 12 heteroatoms. The third-order valence-electron chi connectivity index (χ3n) is 9.06. The van der Waals surface area contributed by atoms with Gasteiger partial charge in [-0.15, -0.1) is 0 Å². The third kappa shape index (κ3) is 12.6. The second-order valence-electron chi connectivity index (χ2n) is 14.3. The Bertz CT molecular complexity index is 1210. The van der Waals surface area contributed by atoms with Crippen molar-refractivity contribution in [2.75, 3.05) is 46.7 Å². The summed E-state index contributed by atoms with van der Waals surface area (Å²) in [6.07, 6.45) is 3.09. The number of thioether (sulfide) groups is 1. The van der Waals surface area contributed by atoms with Gasteiger partial charge >= 0.3 is 0 Å². The molecule has 1 aromatic rings. The van der Waals surface area contributed by atoms with Crippen LogP contribution in [0.1, 0.15) is 67.4 Å². The molecule has 5 atom stereocenters. The van der Waals surface area contributed by atoms with Crippen molar-refractivity contribution in [3.63, 3.8) is 0 Å². The number of nitrogens with zero attached hydrogens (tertiary/aromatic N) is 3. The van der Waals surface area contributed by atoms with Crippen molar-refractivity contribution in [2.45, 2.75) is 98.4 Å². The molecule has 0 heterocycles. The Balaban J connectivity index is 3.27. The normalized spacial score (nSPS) is 14.6. The number of likely N-dealkylation sites (N-methyl/N-ethyl adjacent to an activating group) is 4. The second kappa shape index (κ2) is 21.2. The predicted molar refractivity (Wildman–Crippen MR) is 200 cm³/mol. The molecule has 0 radical (unpaired) electrons. The van der Waals surface area contributed by atoms with Gasteiger partial charge < -0.3 is 30.7 Å². The minimum absolute atomic E-state index is 0.00797. The van der Waals surface area contributed by atoms with Crippen molar-refractivity contribution in [3.8, 4) is 0 Å². The van der Waals surface area contributed by atoms with E-state index in [1.54, 1.807) is 40.0 Å². The Hall–Kier alpha value is -3.12. The Morgan fingerprint density at radius 1 is 0.673 bits per heavy atom. The van der Waals surface area contributed by atoms with E-state index in [1.807, 2.05) is 92.0 Å². The van der Waals surface area contributed by atoms with Gasteiger partial charge in [-0.2, -0.15) is 11.8 Å². The summed E-state index contributed by atoms with van der Waals surface area (Å²) >= 11 is 1.60. The molecule has 0 aliphatic heterocycles. The Kier molecular flexibility index (Phi) is 19.0. The van der Waals surface area contributed by atoms with Crippen LogP contribution in [-0.4, -0.2) is 121 Å². The average molecular weight is 705 g/mol. The number of carbonyl (C=O) groups is 5. The van der Waals surface area contributed by atoms with Crippen molar-refractivity contribution in [3.05, 3.63) is 35.9 Å². The first-order chi connectivity index (χ1) is 22.9.